The number of benzene rings is 1. The Balaban J connectivity index is 1.82. The van der Waals surface area contributed by atoms with E-state index >= 15 is 0 Å². The van der Waals surface area contributed by atoms with E-state index in [1.165, 1.54) is 24.2 Å². The number of ether oxygens (including phenoxy) is 1. The van der Waals surface area contributed by atoms with Crippen LogP contribution in [-0.4, -0.2) is 29.1 Å². The fourth-order valence-corrected chi connectivity index (χ4v) is 3.72. The molecule has 22 heavy (non-hydrogen) atoms. The molecule has 1 fully saturated rings. The quantitative estimate of drug-likeness (QED) is 0.918. The smallest absolute Gasteiger partial charge is 0.305 e. The van der Waals surface area contributed by atoms with Gasteiger partial charge in [-0.15, -0.1) is 0 Å². The first kappa shape index (κ1) is 15.3. The maximum Gasteiger partial charge on any atom is 0.305 e. The Morgan fingerprint density at radius 2 is 1.91 bits per heavy atom. The topological polar surface area (TPSA) is 45.3 Å². The predicted molar refractivity (Wildman–Crippen MR) is 90.7 cm³/mol. The third-order valence-corrected chi connectivity index (χ3v) is 4.67. The molecule has 1 aromatic carbocycles. The van der Waals surface area contributed by atoms with Crippen LogP contribution >= 0.6 is 11.3 Å². The van der Waals surface area contributed by atoms with Gasteiger partial charge in [0.2, 0.25) is 0 Å². The SMILES string of the molecule is CC(C)Oc1ccc(-c2[nH]c(=O)sc2CN2CCCC2)cc1. The molecular weight excluding hydrogens is 296 g/mol. The van der Waals surface area contributed by atoms with E-state index in [-0.39, 0.29) is 11.0 Å². The van der Waals surface area contributed by atoms with Gasteiger partial charge in [0, 0.05) is 11.4 Å². The molecule has 1 aliphatic heterocycles. The van der Waals surface area contributed by atoms with Crippen molar-refractivity contribution in [2.45, 2.75) is 39.3 Å². The van der Waals surface area contributed by atoms with Gasteiger partial charge in [0.25, 0.3) is 0 Å². The maximum absolute atomic E-state index is 11.8. The first-order chi connectivity index (χ1) is 10.6. The number of aromatic amines is 1. The van der Waals surface area contributed by atoms with E-state index in [1.807, 2.05) is 38.1 Å². The minimum Gasteiger partial charge on any atom is -0.491 e. The third kappa shape index (κ3) is 3.59. The summed E-state index contributed by atoms with van der Waals surface area (Å²) in [4.78, 5) is 18.3. The molecule has 2 aromatic rings. The lowest BCUT2D eigenvalue weighted by atomic mass is 10.1. The van der Waals surface area contributed by atoms with Crippen LogP contribution in [0.3, 0.4) is 0 Å². The summed E-state index contributed by atoms with van der Waals surface area (Å²) in [6, 6.07) is 7.96. The summed E-state index contributed by atoms with van der Waals surface area (Å²) in [6.07, 6.45) is 2.68. The fourth-order valence-electron chi connectivity index (χ4n) is 2.82. The van der Waals surface area contributed by atoms with Crippen LogP contribution in [-0.2, 0) is 6.54 Å². The Morgan fingerprint density at radius 1 is 1.23 bits per heavy atom. The minimum atomic E-state index is 0.0201. The molecule has 0 saturated carbocycles. The van der Waals surface area contributed by atoms with Crippen molar-refractivity contribution >= 4 is 11.3 Å². The van der Waals surface area contributed by atoms with Crippen LogP contribution in [0.5, 0.6) is 5.75 Å². The summed E-state index contributed by atoms with van der Waals surface area (Å²) >= 11 is 1.33. The van der Waals surface area contributed by atoms with Crippen LogP contribution in [0, 0.1) is 0 Å². The number of H-pyrrole nitrogens is 1. The molecule has 2 heterocycles. The molecule has 1 N–H and O–H groups in total. The first-order valence-corrected chi connectivity index (χ1v) is 8.65. The van der Waals surface area contributed by atoms with E-state index in [2.05, 4.69) is 9.88 Å². The van der Waals surface area contributed by atoms with Gasteiger partial charge >= 0.3 is 4.87 Å². The van der Waals surface area contributed by atoms with Gasteiger partial charge in [-0.05, 0) is 69.6 Å². The molecule has 1 saturated heterocycles. The van der Waals surface area contributed by atoms with E-state index < -0.39 is 0 Å². The van der Waals surface area contributed by atoms with Gasteiger partial charge in [-0.2, -0.15) is 0 Å². The summed E-state index contributed by atoms with van der Waals surface area (Å²) in [5, 5.41) is 0. The van der Waals surface area contributed by atoms with Gasteiger partial charge in [0.1, 0.15) is 5.75 Å². The molecule has 0 radical (unpaired) electrons. The van der Waals surface area contributed by atoms with E-state index in [0.717, 1.165) is 41.5 Å². The van der Waals surface area contributed by atoms with Crippen molar-refractivity contribution in [2.75, 3.05) is 13.1 Å². The summed E-state index contributed by atoms with van der Waals surface area (Å²) < 4.78 is 5.67. The van der Waals surface area contributed by atoms with Crippen molar-refractivity contribution in [3.05, 3.63) is 38.8 Å². The Labute approximate surface area is 134 Å². The fraction of sp³-hybridized carbons (Fsp3) is 0.471. The molecule has 4 nitrogen and oxygen atoms in total. The zero-order chi connectivity index (χ0) is 15.5. The third-order valence-electron chi connectivity index (χ3n) is 3.80. The van der Waals surface area contributed by atoms with Crippen LogP contribution in [0.1, 0.15) is 31.6 Å². The monoisotopic (exact) mass is 318 g/mol. The highest BCUT2D eigenvalue weighted by Crippen LogP contribution is 2.27. The normalized spacial score (nSPS) is 15.6. The Morgan fingerprint density at radius 3 is 2.55 bits per heavy atom. The van der Waals surface area contributed by atoms with Crippen molar-refractivity contribution in [3.8, 4) is 17.0 Å². The van der Waals surface area contributed by atoms with Crippen LogP contribution in [0.4, 0.5) is 0 Å². The van der Waals surface area contributed by atoms with Gasteiger partial charge in [-0.25, -0.2) is 0 Å². The number of nitrogens with one attached hydrogen (secondary N) is 1. The number of thiazole rings is 1. The lowest BCUT2D eigenvalue weighted by Crippen LogP contribution is -2.18. The highest BCUT2D eigenvalue weighted by molar-refractivity contribution is 7.09. The highest BCUT2D eigenvalue weighted by Gasteiger charge is 2.17. The van der Waals surface area contributed by atoms with Crippen LogP contribution in [0.15, 0.2) is 29.1 Å². The molecule has 0 unspecified atom stereocenters. The lowest BCUT2D eigenvalue weighted by Gasteiger charge is -2.14. The zero-order valence-electron chi connectivity index (χ0n) is 13.1. The number of rotatable bonds is 5. The number of hydrogen-bond acceptors (Lipinski definition) is 4. The molecule has 0 atom stereocenters. The Kier molecular flexibility index (Phi) is 4.64. The highest BCUT2D eigenvalue weighted by atomic mass is 32.1. The predicted octanol–water partition coefficient (Wildman–Crippen LogP) is 3.49. The summed E-state index contributed by atoms with van der Waals surface area (Å²) in [5.41, 5.74) is 2.00. The molecule has 5 heteroatoms. The molecule has 0 aliphatic carbocycles. The van der Waals surface area contributed by atoms with Gasteiger partial charge < -0.3 is 9.72 Å². The van der Waals surface area contributed by atoms with Crippen LogP contribution < -0.4 is 9.61 Å². The second-order valence-corrected chi connectivity index (χ2v) is 7.05. The molecule has 3 rings (SSSR count). The van der Waals surface area contributed by atoms with Gasteiger partial charge in [-0.1, -0.05) is 11.3 Å². The van der Waals surface area contributed by atoms with E-state index in [4.69, 9.17) is 4.74 Å². The van der Waals surface area contributed by atoms with E-state index in [0.29, 0.717) is 0 Å². The number of hydrogen-bond donors (Lipinski definition) is 1. The summed E-state index contributed by atoms with van der Waals surface area (Å²) in [6.45, 7) is 7.15. The average Bonchev–Trinajstić information content (AvgIpc) is 3.09. The van der Waals surface area contributed by atoms with Crippen molar-refractivity contribution < 1.29 is 4.74 Å². The molecule has 0 spiro atoms. The second-order valence-electron chi connectivity index (χ2n) is 5.99. The van der Waals surface area contributed by atoms with Crippen molar-refractivity contribution in [1.82, 2.24) is 9.88 Å². The lowest BCUT2D eigenvalue weighted by molar-refractivity contribution is 0.242. The Bertz CT molecular complexity index is 667. The van der Waals surface area contributed by atoms with Crippen molar-refractivity contribution in [3.63, 3.8) is 0 Å². The number of nitrogens with zero attached hydrogens (tertiary/aromatic N) is 1. The summed E-state index contributed by atoms with van der Waals surface area (Å²) in [7, 11) is 0. The second kappa shape index (κ2) is 6.67. The van der Waals surface area contributed by atoms with E-state index in [9.17, 15) is 4.79 Å². The number of aromatic nitrogens is 1. The average molecular weight is 318 g/mol. The minimum absolute atomic E-state index is 0.0201. The van der Waals surface area contributed by atoms with E-state index in [1.54, 1.807) is 0 Å². The number of likely N-dealkylation sites (tertiary alicyclic amines) is 1. The maximum atomic E-state index is 11.8. The first-order valence-electron chi connectivity index (χ1n) is 7.83. The van der Waals surface area contributed by atoms with Gasteiger partial charge in [-0.3, -0.25) is 9.69 Å². The molecular formula is C17H22N2O2S. The van der Waals surface area contributed by atoms with Gasteiger partial charge in [0.05, 0.1) is 11.8 Å². The molecule has 0 amide bonds. The largest absolute Gasteiger partial charge is 0.491 e. The molecule has 0 bridgehead atoms. The molecule has 1 aliphatic rings. The Hall–Kier alpha value is -1.59. The van der Waals surface area contributed by atoms with Crippen molar-refractivity contribution in [1.29, 1.82) is 0 Å². The van der Waals surface area contributed by atoms with Gasteiger partial charge in [0.15, 0.2) is 0 Å². The van der Waals surface area contributed by atoms with Crippen LogP contribution in [0.25, 0.3) is 11.3 Å². The molecule has 118 valence electrons. The standard InChI is InChI=1S/C17H22N2O2S/c1-12(2)21-14-7-5-13(6-8-14)16-15(22-17(20)18-16)11-19-9-3-4-10-19/h5-8,12H,3-4,9-11H2,1-2H3,(H,18,20). The zero-order valence-corrected chi connectivity index (χ0v) is 13.9. The van der Waals surface area contributed by atoms with Crippen molar-refractivity contribution in [2.24, 2.45) is 0 Å². The van der Waals surface area contributed by atoms with Crippen LogP contribution in [0.2, 0.25) is 0 Å². The summed E-state index contributed by atoms with van der Waals surface area (Å²) in [5.74, 6) is 0.859. The molecule has 1 aromatic heterocycles.